The Morgan fingerprint density at radius 2 is 1.41 bits per heavy atom. The highest BCUT2D eigenvalue weighted by Gasteiger charge is 2.21. The number of anilines is 1. The lowest BCUT2D eigenvalue weighted by atomic mass is 9.98. The van der Waals surface area contributed by atoms with Gasteiger partial charge in [-0.25, -0.2) is 0 Å². The van der Waals surface area contributed by atoms with Crippen LogP contribution in [0.2, 0.25) is 0 Å². The third kappa shape index (κ3) is 3.29. The number of hydrogen-bond donors (Lipinski definition) is 2. The van der Waals surface area contributed by atoms with Crippen molar-refractivity contribution in [2.75, 3.05) is 34.2 Å². The zero-order valence-electron chi connectivity index (χ0n) is 15.6. The number of hydrogen-bond acceptors (Lipinski definition) is 7. The van der Waals surface area contributed by atoms with Crippen LogP contribution in [0.25, 0.3) is 10.8 Å². The Kier molecular flexibility index (Phi) is 5.23. The van der Waals surface area contributed by atoms with E-state index >= 15 is 0 Å². The number of methoxy groups -OCH3 is 4. The van der Waals surface area contributed by atoms with Crippen LogP contribution in [-0.4, -0.2) is 38.5 Å². The van der Waals surface area contributed by atoms with Crippen LogP contribution in [0.1, 0.15) is 17.4 Å². The van der Waals surface area contributed by atoms with E-state index in [1.165, 1.54) is 14.2 Å². The summed E-state index contributed by atoms with van der Waals surface area (Å²) in [6, 6.07) is 8.73. The standard InChI is InChI=1S/C20H22N2O5/c1-24-15-7-11-5-6-22-19(12(11)8-16(15)25-2)20(23)13-9-17(26-3)18(27-4)10-14(13)21/h5-10,20,23H,21H2,1-4H3/t20-/m1/s1. The van der Waals surface area contributed by atoms with Gasteiger partial charge in [-0.1, -0.05) is 0 Å². The van der Waals surface area contributed by atoms with Crippen molar-refractivity contribution in [3.05, 3.63) is 47.8 Å². The summed E-state index contributed by atoms with van der Waals surface area (Å²) in [5.41, 5.74) is 7.44. The second-order valence-corrected chi connectivity index (χ2v) is 5.86. The number of nitrogens with two attached hydrogens (primary N) is 1. The molecule has 3 rings (SSSR count). The summed E-state index contributed by atoms with van der Waals surface area (Å²) in [5, 5.41) is 12.6. The van der Waals surface area contributed by atoms with E-state index in [2.05, 4.69) is 4.98 Å². The molecule has 0 aliphatic heterocycles. The highest BCUT2D eigenvalue weighted by molar-refractivity contribution is 5.88. The second-order valence-electron chi connectivity index (χ2n) is 5.86. The quantitative estimate of drug-likeness (QED) is 0.644. The summed E-state index contributed by atoms with van der Waals surface area (Å²) in [5.74, 6) is 2.11. The maximum atomic E-state index is 11.0. The van der Waals surface area contributed by atoms with Gasteiger partial charge in [0.1, 0.15) is 6.10 Å². The molecule has 0 saturated carbocycles. The Balaban J connectivity index is 2.17. The highest BCUT2D eigenvalue weighted by atomic mass is 16.5. The molecule has 2 aromatic carbocycles. The summed E-state index contributed by atoms with van der Waals surface area (Å²) in [7, 11) is 6.18. The Hall–Kier alpha value is -3.19. The van der Waals surface area contributed by atoms with Gasteiger partial charge in [-0.05, 0) is 29.7 Å². The molecule has 0 saturated heterocycles. The zero-order chi connectivity index (χ0) is 19.6. The van der Waals surface area contributed by atoms with Crippen LogP contribution in [0.15, 0.2) is 36.5 Å². The molecular formula is C20H22N2O5. The van der Waals surface area contributed by atoms with E-state index in [1.54, 1.807) is 38.6 Å². The number of nitrogen functional groups attached to an aromatic ring is 1. The molecule has 0 aliphatic rings. The number of aliphatic hydroxyl groups is 1. The van der Waals surface area contributed by atoms with Gasteiger partial charge in [0, 0.05) is 28.9 Å². The topological polar surface area (TPSA) is 96.1 Å². The van der Waals surface area contributed by atoms with E-state index in [4.69, 9.17) is 24.7 Å². The average molecular weight is 370 g/mol. The fourth-order valence-corrected chi connectivity index (χ4v) is 3.03. The fraction of sp³-hybridized carbons (Fsp3) is 0.250. The molecule has 1 aromatic heterocycles. The predicted molar refractivity (Wildman–Crippen MR) is 103 cm³/mol. The van der Waals surface area contributed by atoms with Gasteiger partial charge in [0.15, 0.2) is 23.0 Å². The number of rotatable bonds is 6. The van der Waals surface area contributed by atoms with Gasteiger partial charge in [0.25, 0.3) is 0 Å². The normalized spacial score (nSPS) is 11.9. The first kappa shape index (κ1) is 18.6. The van der Waals surface area contributed by atoms with E-state index < -0.39 is 6.10 Å². The van der Waals surface area contributed by atoms with Crippen LogP contribution in [0.5, 0.6) is 23.0 Å². The molecule has 0 unspecified atom stereocenters. The zero-order valence-corrected chi connectivity index (χ0v) is 15.6. The van der Waals surface area contributed by atoms with Gasteiger partial charge >= 0.3 is 0 Å². The molecule has 0 radical (unpaired) electrons. The first-order valence-corrected chi connectivity index (χ1v) is 8.24. The number of nitrogens with zero attached hydrogens (tertiary/aromatic N) is 1. The van der Waals surface area contributed by atoms with Crippen molar-refractivity contribution in [1.29, 1.82) is 0 Å². The molecular weight excluding hydrogens is 348 g/mol. The molecule has 0 aliphatic carbocycles. The number of ether oxygens (including phenoxy) is 4. The Labute approximate surface area is 157 Å². The molecule has 0 fully saturated rings. The number of aliphatic hydroxyl groups excluding tert-OH is 1. The minimum atomic E-state index is -1.06. The third-order valence-electron chi connectivity index (χ3n) is 4.44. The molecule has 0 spiro atoms. The molecule has 1 heterocycles. The SMILES string of the molecule is COc1cc(N)c([C@@H](O)c2nccc3cc(OC)c(OC)cc23)cc1OC. The lowest BCUT2D eigenvalue weighted by molar-refractivity contribution is 0.217. The minimum Gasteiger partial charge on any atom is -0.493 e. The molecule has 3 aromatic rings. The fourth-order valence-electron chi connectivity index (χ4n) is 3.03. The van der Waals surface area contributed by atoms with Crippen molar-refractivity contribution in [3.63, 3.8) is 0 Å². The summed E-state index contributed by atoms with van der Waals surface area (Å²) in [4.78, 5) is 4.38. The molecule has 142 valence electrons. The first-order valence-electron chi connectivity index (χ1n) is 8.24. The maximum absolute atomic E-state index is 11.0. The Morgan fingerprint density at radius 1 is 0.852 bits per heavy atom. The van der Waals surface area contributed by atoms with Crippen molar-refractivity contribution < 1.29 is 24.1 Å². The summed E-state index contributed by atoms with van der Waals surface area (Å²) in [6.45, 7) is 0. The number of aromatic nitrogens is 1. The van der Waals surface area contributed by atoms with Crippen molar-refractivity contribution in [1.82, 2.24) is 4.98 Å². The molecule has 27 heavy (non-hydrogen) atoms. The summed E-state index contributed by atoms with van der Waals surface area (Å²) in [6.07, 6.45) is 0.565. The summed E-state index contributed by atoms with van der Waals surface area (Å²) < 4.78 is 21.3. The van der Waals surface area contributed by atoms with Gasteiger partial charge in [-0.3, -0.25) is 4.98 Å². The molecule has 7 heteroatoms. The van der Waals surface area contributed by atoms with Gasteiger partial charge in [0.2, 0.25) is 0 Å². The van der Waals surface area contributed by atoms with Crippen molar-refractivity contribution in [2.24, 2.45) is 0 Å². The van der Waals surface area contributed by atoms with E-state index in [1.807, 2.05) is 12.1 Å². The molecule has 0 bridgehead atoms. The summed E-state index contributed by atoms with van der Waals surface area (Å²) >= 11 is 0. The van der Waals surface area contributed by atoms with E-state index in [0.29, 0.717) is 39.9 Å². The van der Waals surface area contributed by atoms with Crippen molar-refractivity contribution in [2.45, 2.75) is 6.10 Å². The van der Waals surface area contributed by atoms with Crippen molar-refractivity contribution >= 4 is 16.5 Å². The molecule has 7 nitrogen and oxygen atoms in total. The van der Waals surface area contributed by atoms with Crippen LogP contribution in [0.3, 0.4) is 0 Å². The number of benzene rings is 2. The highest BCUT2D eigenvalue weighted by Crippen LogP contribution is 2.39. The smallest absolute Gasteiger partial charge is 0.162 e. The van der Waals surface area contributed by atoms with E-state index in [0.717, 1.165) is 10.8 Å². The van der Waals surface area contributed by atoms with Gasteiger partial charge in [-0.2, -0.15) is 0 Å². The van der Waals surface area contributed by atoms with Crippen LogP contribution < -0.4 is 24.7 Å². The lowest BCUT2D eigenvalue weighted by Crippen LogP contribution is -2.08. The minimum absolute atomic E-state index is 0.374. The largest absolute Gasteiger partial charge is 0.493 e. The number of pyridine rings is 1. The number of fused-ring (bicyclic) bond motifs is 1. The Morgan fingerprint density at radius 3 is 2.04 bits per heavy atom. The van der Waals surface area contributed by atoms with E-state index in [-0.39, 0.29) is 0 Å². The second kappa shape index (κ2) is 7.59. The maximum Gasteiger partial charge on any atom is 0.162 e. The van der Waals surface area contributed by atoms with Gasteiger partial charge < -0.3 is 29.8 Å². The lowest BCUT2D eigenvalue weighted by Gasteiger charge is -2.18. The van der Waals surface area contributed by atoms with Gasteiger partial charge in [0.05, 0.1) is 34.1 Å². The molecule has 3 N–H and O–H groups in total. The predicted octanol–water partition coefficient (Wildman–Crippen LogP) is 2.93. The van der Waals surface area contributed by atoms with Crippen LogP contribution in [-0.2, 0) is 0 Å². The first-order chi connectivity index (χ1) is 13.0. The monoisotopic (exact) mass is 370 g/mol. The van der Waals surface area contributed by atoms with Crippen LogP contribution in [0.4, 0.5) is 5.69 Å². The molecule has 1 atom stereocenters. The third-order valence-corrected chi connectivity index (χ3v) is 4.44. The van der Waals surface area contributed by atoms with Crippen LogP contribution in [0, 0.1) is 0 Å². The van der Waals surface area contributed by atoms with Crippen LogP contribution >= 0.6 is 0 Å². The average Bonchev–Trinajstić information content (AvgIpc) is 2.71. The van der Waals surface area contributed by atoms with Gasteiger partial charge in [-0.15, -0.1) is 0 Å². The van der Waals surface area contributed by atoms with Crippen molar-refractivity contribution in [3.8, 4) is 23.0 Å². The Bertz CT molecular complexity index is 974. The molecule has 0 amide bonds. The van der Waals surface area contributed by atoms with E-state index in [9.17, 15) is 5.11 Å².